The Hall–Kier alpha value is -3.20. The van der Waals surface area contributed by atoms with Crippen LogP contribution in [-0.4, -0.2) is 58.0 Å². The van der Waals surface area contributed by atoms with Gasteiger partial charge in [-0.1, -0.05) is 13.8 Å². The summed E-state index contributed by atoms with van der Waals surface area (Å²) in [6.07, 6.45) is 2.92. The molecule has 0 saturated carbocycles. The lowest BCUT2D eigenvalue weighted by Crippen LogP contribution is -2.42. The summed E-state index contributed by atoms with van der Waals surface area (Å²) in [7, 11) is -2.50. The van der Waals surface area contributed by atoms with Crippen molar-refractivity contribution in [2.24, 2.45) is 10.9 Å². The second-order valence-electron chi connectivity index (χ2n) is 8.02. The van der Waals surface area contributed by atoms with Gasteiger partial charge in [0.1, 0.15) is 11.7 Å². The highest BCUT2D eigenvalue weighted by Crippen LogP contribution is 2.32. The molecule has 0 bridgehead atoms. The van der Waals surface area contributed by atoms with Crippen molar-refractivity contribution < 1.29 is 22.7 Å². The third-order valence-corrected chi connectivity index (χ3v) is 7.39. The molecule has 8 nitrogen and oxygen atoms in total. The van der Waals surface area contributed by atoms with Crippen LogP contribution < -0.4 is 9.04 Å². The minimum absolute atomic E-state index is 0.0433. The third kappa shape index (κ3) is 5.14. The van der Waals surface area contributed by atoms with Gasteiger partial charge in [0.15, 0.2) is 5.78 Å². The smallest absolute Gasteiger partial charge is 0.264 e. The van der Waals surface area contributed by atoms with E-state index in [-0.39, 0.29) is 16.4 Å². The van der Waals surface area contributed by atoms with E-state index in [0.717, 1.165) is 17.1 Å². The molecule has 0 N–H and O–H groups in total. The molecule has 0 aromatic heterocycles. The number of hydrogen-bond acceptors (Lipinski definition) is 6. The van der Waals surface area contributed by atoms with E-state index in [9.17, 15) is 18.0 Å². The van der Waals surface area contributed by atoms with E-state index in [0.29, 0.717) is 36.8 Å². The van der Waals surface area contributed by atoms with Crippen LogP contribution in [-0.2, 0) is 14.8 Å². The van der Waals surface area contributed by atoms with Gasteiger partial charge >= 0.3 is 0 Å². The number of aliphatic imine (C=N–C) groups is 1. The summed E-state index contributed by atoms with van der Waals surface area (Å²) in [6, 6.07) is 10.9. The summed E-state index contributed by atoms with van der Waals surface area (Å²) in [5.41, 5.74) is 0.942. The number of ether oxygens (including phenoxy) is 1. The lowest BCUT2D eigenvalue weighted by atomic mass is 9.93. The number of Topliss-reactive ketones (excluding diaryl/α,β-unsaturated/α-hetero) is 1. The Morgan fingerprint density at radius 1 is 1.03 bits per heavy atom. The van der Waals surface area contributed by atoms with Gasteiger partial charge in [-0.25, -0.2) is 8.42 Å². The van der Waals surface area contributed by atoms with E-state index in [4.69, 9.17) is 4.74 Å². The molecule has 2 aromatic rings. The molecule has 2 aromatic carbocycles. The zero-order chi connectivity index (χ0) is 24.9. The van der Waals surface area contributed by atoms with Gasteiger partial charge in [-0.15, -0.1) is 0 Å². The summed E-state index contributed by atoms with van der Waals surface area (Å²) < 4.78 is 33.2. The van der Waals surface area contributed by atoms with Crippen LogP contribution >= 0.6 is 0 Å². The fraction of sp³-hybridized carbons (Fsp3) is 0.400. The molecular weight excluding hydrogens is 454 g/mol. The van der Waals surface area contributed by atoms with Crippen molar-refractivity contribution in [3.8, 4) is 5.75 Å². The molecule has 0 fully saturated rings. The average molecular weight is 486 g/mol. The minimum atomic E-state index is -3.95. The fourth-order valence-corrected chi connectivity index (χ4v) is 5.06. The number of sulfonamides is 1. The van der Waals surface area contributed by atoms with Gasteiger partial charge in [-0.05, 0) is 62.2 Å². The lowest BCUT2D eigenvalue weighted by Gasteiger charge is -2.26. The molecule has 0 radical (unpaired) electrons. The molecular formula is C25H31N3O5S. The van der Waals surface area contributed by atoms with Crippen LogP contribution in [0.5, 0.6) is 5.75 Å². The van der Waals surface area contributed by atoms with Crippen LogP contribution in [0.3, 0.4) is 0 Å². The van der Waals surface area contributed by atoms with Crippen molar-refractivity contribution in [2.75, 3.05) is 31.0 Å². The lowest BCUT2D eigenvalue weighted by molar-refractivity contribution is -0.132. The summed E-state index contributed by atoms with van der Waals surface area (Å²) in [4.78, 5) is 32.2. The van der Waals surface area contributed by atoms with Gasteiger partial charge < -0.3 is 9.64 Å². The summed E-state index contributed by atoms with van der Waals surface area (Å²) in [5.74, 6) is -1.14. The Balaban J connectivity index is 1.89. The van der Waals surface area contributed by atoms with Crippen molar-refractivity contribution in [1.29, 1.82) is 0 Å². The molecule has 0 saturated heterocycles. The first-order valence-corrected chi connectivity index (χ1v) is 12.9. The number of carbonyl (C=O) groups excluding carboxylic acids is 2. The van der Waals surface area contributed by atoms with Crippen LogP contribution in [0.4, 0.5) is 11.4 Å². The third-order valence-electron chi connectivity index (χ3n) is 5.61. The number of anilines is 1. The van der Waals surface area contributed by atoms with Crippen LogP contribution in [0.1, 0.15) is 44.0 Å². The van der Waals surface area contributed by atoms with E-state index in [1.165, 1.54) is 31.5 Å². The van der Waals surface area contributed by atoms with Crippen LogP contribution in [0.15, 0.2) is 52.4 Å². The van der Waals surface area contributed by atoms with Crippen LogP contribution in [0.2, 0.25) is 0 Å². The molecule has 182 valence electrons. The highest BCUT2D eigenvalue weighted by molar-refractivity contribution is 7.92. The first kappa shape index (κ1) is 25.4. The van der Waals surface area contributed by atoms with Crippen molar-refractivity contribution in [3.63, 3.8) is 0 Å². The number of hydrogen-bond donors (Lipinski definition) is 0. The predicted molar refractivity (Wildman–Crippen MR) is 133 cm³/mol. The molecule has 1 aliphatic heterocycles. The van der Waals surface area contributed by atoms with Gasteiger partial charge in [0, 0.05) is 31.9 Å². The van der Waals surface area contributed by atoms with E-state index < -0.39 is 21.7 Å². The molecule has 0 spiro atoms. The standard InChI is InChI=1S/C25H31N3O5S/c1-5-14-28(15-6-2)25(30)22-17-26-23-13-12-20(16-21(23)24(22)29)34(31,32)27(4)18-8-10-19(11-9-18)33-7-3/h8-13,16-17,22H,5-7,14-15H2,1-4H3. The number of carbonyl (C=O) groups is 2. The molecule has 3 rings (SSSR count). The highest BCUT2D eigenvalue weighted by Gasteiger charge is 2.34. The number of fused-ring (bicyclic) bond motifs is 1. The Morgan fingerprint density at radius 2 is 1.68 bits per heavy atom. The topological polar surface area (TPSA) is 96.3 Å². The monoisotopic (exact) mass is 485 g/mol. The number of nitrogens with zero attached hydrogens (tertiary/aromatic N) is 3. The molecule has 34 heavy (non-hydrogen) atoms. The first-order valence-electron chi connectivity index (χ1n) is 11.5. The van der Waals surface area contributed by atoms with E-state index in [1.54, 1.807) is 29.2 Å². The van der Waals surface area contributed by atoms with Gasteiger partial charge in [0.05, 0.1) is 22.9 Å². The van der Waals surface area contributed by atoms with Gasteiger partial charge in [-0.3, -0.25) is 18.9 Å². The van der Waals surface area contributed by atoms with Gasteiger partial charge in [0.2, 0.25) is 5.91 Å². The maximum atomic E-state index is 13.3. The van der Waals surface area contributed by atoms with E-state index in [1.807, 2.05) is 20.8 Å². The van der Waals surface area contributed by atoms with Crippen LogP contribution in [0, 0.1) is 5.92 Å². The van der Waals surface area contributed by atoms with Crippen molar-refractivity contribution >= 4 is 39.3 Å². The fourth-order valence-electron chi connectivity index (χ4n) is 3.84. The maximum Gasteiger partial charge on any atom is 0.264 e. The summed E-state index contributed by atoms with van der Waals surface area (Å²) in [6.45, 7) is 7.43. The second kappa shape index (κ2) is 10.8. The Kier molecular flexibility index (Phi) is 8.09. The van der Waals surface area contributed by atoms with Crippen molar-refractivity contribution in [1.82, 2.24) is 4.90 Å². The van der Waals surface area contributed by atoms with Crippen molar-refractivity contribution in [3.05, 3.63) is 48.0 Å². The quantitative estimate of drug-likeness (QED) is 0.473. The number of ketones is 1. The van der Waals surface area contributed by atoms with E-state index >= 15 is 0 Å². The maximum absolute atomic E-state index is 13.3. The normalized spacial score (nSPS) is 15.1. The Morgan fingerprint density at radius 3 is 2.26 bits per heavy atom. The number of benzene rings is 2. The minimum Gasteiger partial charge on any atom is -0.494 e. The van der Waals surface area contributed by atoms with Gasteiger partial charge in [-0.2, -0.15) is 0 Å². The average Bonchev–Trinajstić information content (AvgIpc) is 2.84. The molecule has 1 amide bonds. The predicted octanol–water partition coefficient (Wildman–Crippen LogP) is 4.07. The summed E-state index contributed by atoms with van der Waals surface area (Å²) >= 11 is 0. The van der Waals surface area contributed by atoms with Crippen molar-refractivity contribution in [2.45, 2.75) is 38.5 Å². The Labute approximate surface area is 201 Å². The van der Waals surface area contributed by atoms with E-state index in [2.05, 4.69) is 4.99 Å². The van der Waals surface area contributed by atoms with Crippen LogP contribution in [0.25, 0.3) is 0 Å². The molecule has 1 atom stereocenters. The molecule has 1 heterocycles. The summed E-state index contributed by atoms with van der Waals surface area (Å²) in [5, 5.41) is 0. The molecule has 1 unspecified atom stereocenters. The second-order valence-corrected chi connectivity index (χ2v) is 9.99. The number of rotatable bonds is 10. The Bertz CT molecular complexity index is 1170. The molecule has 9 heteroatoms. The largest absolute Gasteiger partial charge is 0.494 e. The van der Waals surface area contributed by atoms with Gasteiger partial charge in [0.25, 0.3) is 10.0 Å². The first-order chi connectivity index (χ1) is 16.2. The molecule has 0 aliphatic carbocycles. The SMILES string of the molecule is CCCN(CCC)C(=O)C1C=Nc2ccc(S(=O)(=O)N(C)c3ccc(OCC)cc3)cc2C1=O. The number of amides is 1. The molecule has 1 aliphatic rings. The zero-order valence-electron chi connectivity index (χ0n) is 20.0. The zero-order valence-corrected chi connectivity index (χ0v) is 20.8. The highest BCUT2D eigenvalue weighted by atomic mass is 32.2.